The molecule has 2 atom stereocenters. The zero-order valence-corrected chi connectivity index (χ0v) is 12.1. The molecule has 0 radical (unpaired) electrons. The molecule has 0 bridgehead atoms. The molecule has 0 amide bonds. The van der Waals surface area contributed by atoms with E-state index in [0.29, 0.717) is 11.5 Å². The van der Waals surface area contributed by atoms with Crippen molar-refractivity contribution >= 4 is 11.6 Å². The zero-order chi connectivity index (χ0) is 14.4. The van der Waals surface area contributed by atoms with Crippen LogP contribution in [0.15, 0.2) is 33.9 Å². The van der Waals surface area contributed by atoms with Crippen LogP contribution in [0.4, 0.5) is 0 Å². The summed E-state index contributed by atoms with van der Waals surface area (Å²) in [6, 6.07) is 7.51. The van der Waals surface area contributed by atoms with Gasteiger partial charge >= 0.3 is 5.69 Å². The van der Waals surface area contributed by atoms with Gasteiger partial charge in [-0.3, -0.25) is 14.3 Å². The van der Waals surface area contributed by atoms with Crippen molar-refractivity contribution in [3.63, 3.8) is 0 Å². The molecule has 104 valence electrons. The van der Waals surface area contributed by atoms with E-state index in [2.05, 4.69) is 4.98 Å². The molecule has 1 N–H and O–H groups in total. The van der Waals surface area contributed by atoms with Crippen LogP contribution < -0.4 is 11.2 Å². The first-order valence-electron chi connectivity index (χ1n) is 6.61. The van der Waals surface area contributed by atoms with E-state index >= 15 is 0 Å². The highest BCUT2D eigenvalue weighted by molar-refractivity contribution is 6.32. The number of hydrogen-bond acceptors (Lipinski definition) is 2. The van der Waals surface area contributed by atoms with E-state index in [0.717, 1.165) is 17.5 Å². The lowest BCUT2D eigenvalue weighted by molar-refractivity contribution is 0.619. The zero-order valence-electron chi connectivity index (χ0n) is 11.3. The highest BCUT2D eigenvalue weighted by Gasteiger charge is 2.37. The first-order chi connectivity index (χ1) is 9.50. The molecule has 1 aromatic heterocycles. The molecule has 3 rings (SSSR count). The molecule has 1 aliphatic carbocycles. The Hall–Kier alpha value is -1.81. The molecule has 2 unspecified atom stereocenters. The average Bonchev–Trinajstić information content (AvgIpc) is 3.08. The van der Waals surface area contributed by atoms with Crippen LogP contribution in [0.5, 0.6) is 0 Å². The first-order valence-corrected chi connectivity index (χ1v) is 6.99. The van der Waals surface area contributed by atoms with Crippen molar-refractivity contribution in [1.82, 2.24) is 9.55 Å². The van der Waals surface area contributed by atoms with Gasteiger partial charge in [-0.15, -0.1) is 0 Å². The maximum Gasteiger partial charge on any atom is 0.329 e. The number of aryl methyl sites for hydroxylation is 1. The van der Waals surface area contributed by atoms with Gasteiger partial charge in [0.15, 0.2) is 0 Å². The predicted octanol–water partition coefficient (Wildman–Crippen LogP) is 2.75. The quantitative estimate of drug-likeness (QED) is 0.865. The summed E-state index contributed by atoms with van der Waals surface area (Å²) < 4.78 is 1.30. The van der Waals surface area contributed by atoms with E-state index in [4.69, 9.17) is 11.6 Å². The van der Waals surface area contributed by atoms with Gasteiger partial charge in [0.1, 0.15) is 5.15 Å². The highest BCUT2D eigenvalue weighted by Crippen LogP contribution is 2.41. The van der Waals surface area contributed by atoms with Crippen LogP contribution in [0.1, 0.15) is 24.9 Å². The molecule has 0 aliphatic heterocycles. The molecule has 1 aliphatic rings. The lowest BCUT2D eigenvalue weighted by Gasteiger charge is -2.10. The van der Waals surface area contributed by atoms with E-state index in [1.807, 2.05) is 38.1 Å². The molecule has 20 heavy (non-hydrogen) atoms. The molecule has 5 heteroatoms. The van der Waals surface area contributed by atoms with Crippen molar-refractivity contribution in [3.05, 3.63) is 55.8 Å². The fraction of sp³-hybridized carbons (Fsp3) is 0.333. The van der Waals surface area contributed by atoms with Crippen LogP contribution in [0.25, 0.3) is 11.1 Å². The number of halogens is 1. The molecule has 1 saturated carbocycles. The molecule has 0 saturated heterocycles. The third-order valence-corrected chi connectivity index (χ3v) is 4.18. The second-order valence-corrected chi connectivity index (χ2v) is 5.77. The Morgan fingerprint density at radius 2 is 1.95 bits per heavy atom. The molecule has 2 aromatic rings. The normalized spacial score (nSPS) is 20.9. The van der Waals surface area contributed by atoms with E-state index < -0.39 is 5.69 Å². The van der Waals surface area contributed by atoms with E-state index in [1.54, 1.807) is 0 Å². The summed E-state index contributed by atoms with van der Waals surface area (Å²) >= 11 is 6.11. The minimum Gasteiger partial charge on any atom is -0.297 e. The molecular formula is C15H15ClN2O2. The Bertz CT molecular complexity index is 791. The smallest absolute Gasteiger partial charge is 0.297 e. The first kappa shape index (κ1) is 13.2. The molecule has 1 heterocycles. The average molecular weight is 291 g/mol. The maximum absolute atomic E-state index is 12.6. The Morgan fingerprint density at radius 1 is 1.30 bits per heavy atom. The number of aromatic amines is 1. The molecule has 1 aromatic carbocycles. The van der Waals surface area contributed by atoms with Crippen molar-refractivity contribution in [2.45, 2.75) is 26.3 Å². The largest absolute Gasteiger partial charge is 0.329 e. The van der Waals surface area contributed by atoms with Crippen molar-refractivity contribution in [2.24, 2.45) is 5.92 Å². The fourth-order valence-electron chi connectivity index (χ4n) is 2.57. The van der Waals surface area contributed by atoms with Crippen molar-refractivity contribution in [2.75, 3.05) is 0 Å². The van der Waals surface area contributed by atoms with Gasteiger partial charge in [-0.05, 0) is 30.4 Å². The fourth-order valence-corrected chi connectivity index (χ4v) is 2.84. The van der Waals surface area contributed by atoms with Gasteiger partial charge in [0, 0.05) is 6.04 Å². The standard InChI is InChI=1S/C15H15ClN2O2/c1-8-5-3-4-6-10(8)12-13(16)17-15(20)18(14(12)19)11-7-9(11)2/h3-6,9,11H,7H2,1-2H3,(H,17,20). The Balaban J connectivity index is 2.30. The number of benzene rings is 1. The SMILES string of the molecule is Cc1ccccc1-c1c(Cl)[nH]c(=O)n(C2CC2C)c1=O. The minimum atomic E-state index is -0.424. The predicted molar refractivity (Wildman–Crippen MR) is 79.3 cm³/mol. The molecule has 4 nitrogen and oxygen atoms in total. The second-order valence-electron chi connectivity index (χ2n) is 5.39. The van der Waals surface area contributed by atoms with Crippen LogP contribution in [-0.2, 0) is 0 Å². The number of nitrogens with zero attached hydrogens (tertiary/aromatic N) is 1. The van der Waals surface area contributed by atoms with Crippen LogP contribution in [0.3, 0.4) is 0 Å². The Kier molecular flexibility index (Phi) is 3.05. The summed E-state index contributed by atoms with van der Waals surface area (Å²) in [4.78, 5) is 27.2. The van der Waals surface area contributed by atoms with Gasteiger partial charge in [-0.25, -0.2) is 4.79 Å². The van der Waals surface area contributed by atoms with Gasteiger partial charge in [0.05, 0.1) is 5.56 Å². The van der Waals surface area contributed by atoms with Gasteiger partial charge < -0.3 is 0 Å². The summed E-state index contributed by atoms with van der Waals surface area (Å²) in [5.41, 5.74) is 1.37. The number of hydrogen-bond donors (Lipinski definition) is 1. The van der Waals surface area contributed by atoms with E-state index in [9.17, 15) is 9.59 Å². The summed E-state index contributed by atoms with van der Waals surface area (Å²) in [5, 5.41) is 0.110. The lowest BCUT2D eigenvalue weighted by Crippen LogP contribution is -2.36. The number of rotatable bonds is 2. The second kappa shape index (κ2) is 4.63. The van der Waals surface area contributed by atoms with Gasteiger partial charge in [-0.2, -0.15) is 0 Å². The van der Waals surface area contributed by atoms with E-state index in [1.165, 1.54) is 4.57 Å². The Labute approximate surface area is 121 Å². The van der Waals surface area contributed by atoms with Crippen LogP contribution >= 0.6 is 11.6 Å². The molecule has 0 spiro atoms. The van der Waals surface area contributed by atoms with Crippen molar-refractivity contribution < 1.29 is 0 Å². The van der Waals surface area contributed by atoms with Crippen LogP contribution in [0.2, 0.25) is 5.15 Å². The summed E-state index contributed by atoms with van der Waals surface area (Å²) in [5.74, 6) is 0.361. The maximum atomic E-state index is 12.6. The third kappa shape index (κ3) is 2.00. The monoisotopic (exact) mass is 290 g/mol. The third-order valence-electron chi connectivity index (χ3n) is 3.90. The highest BCUT2D eigenvalue weighted by atomic mass is 35.5. The topological polar surface area (TPSA) is 54.9 Å². The van der Waals surface area contributed by atoms with Crippen LogP contribution in [-0.4, -0.2) is 9.55 Å². The van der Waals surface area contributed by atoms with E-state index in [-0.39, 0.29) is 16.8 Å². The van der Waals surface area contributed by atoms with Gasteiger partial charge in [0.25, 0.3) is 5.56 Å². The number of H-pyrrole nitrogens is 1. The summed E-state index contributed by atoms with van der Waals surface area (Å²) in [6.07, 6.45) is 0.859. The van der Waals surface area contributed by atoms with Gasteiger partial charge in [0.2, 0.25) is 0 Å². The Morgan fingerprint density at radius 3 is 2.55 bits per heavy atom. The minimum absolute atomic E-state index is 0.00807. The molecular weight excluding hydrogens is 276 g/mol. The number of aromatic nitrogens is 2. The summed E-state index contributed by atoms with van der Waals surface area (Å²) in [6.45, 7) is 3.94. The van der Waals surface area contributed by atoms with Crippen molar-refractivity contribution in [1.29, 1.82) is 0 Å². The molecule has 1 fully saturated rings. The van der Waals surface area contributed by atoms with Crippen LogP contribution in [0, 0.1) is 12.8 Å². The summed E-state index contributed by atoms with van der Waals surface area (Å²) in [7, 11) is 0. The van der Waals surface area contributed by atoms with Gasteiger partial charge in [-0.1, -0.05) is 42.8 Å². The number of nitrogens with one attached hydrogen (secondary N) is 1. The lowest BCUT2D eigenvalue weighted by atomic mass is 10.0. The van der Waals surface area contributed by atoms with Crippen molar-refractivity contribution in [3.8, 4) is 11.1 Å².